The Morgan fingerprint density at radius 3 is 2.47 bits per heavy atom. The summed E-state index contributed by atoms with van der Waals surface area (Å²) in [5.74, 6) is 2.24. The molecule has 0 bridgehead atoms. The maximum atomic E-state index is 12.5. The van der Waals surface area contributed by atoms with Gasteiger partial charge < -0.3 is 4.74 Å². The van der Waals surface area contributed by atoms with Crippen LogP contribution < -0.4 is 4.74 Å². The van der Waals surface area contributed by atoms with Crippen LogP contribution in [-0.4, -0.2) is 12.9 Å². The minimum atomic E-state index is 0.232. The minimum absolute atomic E-state index is 0.232. The van der Waals surface area contributed by atoms with E-state index < -0.39 is 0 Å². The summed E-state index contributed by atoms with van der Waals surface area (Å²) < 4.78 is 5.24. The number of aryl methyl sites for hydroxylation is 1. The number of hydrogen-bond acceptors (Lipinski definition) is 2. The third-order valence-corrected chi connectivity index (χ3v) is 4.47. The van der Waals surface area contributed by atoms with E-state index >= 15 is 0 Å². The number of ketones is 1. The number of hydrogen-bond donors (Lipinski definition) is 0. The molecule has 0 radical (unpaired) electrons. The van der Waals surface area contributed by atoms with Crippen LogP contribution in [0.15, 0.2) is 18.2 Å². The van der Waals surface area contributed by atoms with Crippen LogP contribution in [0.4, 0.5) is 0 Å². The van der Waals surface area contributed by atoms with Gasteiger partial charge in [-0.2, -0.15) is 0 Å². The van der Waals surface area contributed by atoms with Crippen molar-refractivity contribution in [2.24, 2.45) is 11.8 Å². The van der Waals surface area contributed by atoms with E-state index in [4.69, 9.17) is 4.74 Å². The normalized spacial score (nSPS) is 23.1. The molecule has 1 aliphatic rings. The smallest absolute Gasteiger partial charge is 0.165 e. The van der Waals surface area contributed by atoms with E-state index in [0.717, 1.165) is 35.6 Å². The van der Waals surface area contributed by atoms with Crippen LogP contribution in [0.25, 0.3) is 0 Å². The molecular weight excluding hydrogens is 236 g/mol. The van der Waals surface area contributed by atoms with Crippen molar-refractivity contribution < 1.29 is 9.53 Å². The highest BCUT2D eigenvalue weighted by molar-refractivity contribution is 5.98. The lowest BCUT2D eigenvalue weighted by molar-refractivity contribution is 0.0871. The van der Waals surface area contributed by atoms with Crippen molar-refractivity contribution in [2.75, 3.05) is 7.11 Å². The number of carbonyl (C=O) groups excluding carboxylic acids is 1. The highest BCUT2D eigenvalue weighted by atomic mass is 16.5. The molecule has 0 saturated heterocycles. The molecular formula is C17H24O2. The summed E-state index contributed by atoms with van der Waals surface area (Å²) in [6, 6.07) is 5.77. The van der Waals surface area contributed by atoms with Gasteiger partial charge in [-0.05, 0) is 62.3 Å². The van der Waals surface area contributed by atoms with Crippen LogP contribution in [0.3, 0.4) is 0 Å². The van der Waals surface area contributed by atoms with Crippen molar-refractivity contribution >= 4 is 5.78 Å². The first kappa shape index (κ1) is 14.1. The third-order valence-electron chi connectivity index (χ3n) is 4.47. The number of rotatable bonds is 4. The van der Waals surface area contributed by atoms with Crippen LogP contribution in [0.1, 0.15) is 54.9 Å². The molecule has 2 nitrogen and oxygen atoms in total. The van der Waals surface area contributed by atoms with Gasteiger partial charge in [-0.1, -0.05) is 13.3 Å². The molecule has 2 rings (SSSR count). The first-order valence-corrected chi connectivity index (χ1v) is 7.34. The molecule has 0 N–H and O–H groups in total. The van der Waals surface area contributed by atoms with Crippen molar-refractivity contribution in [1.29, 1.82) is 0 Å². The fourth-order valence-electron chi connectivity index (χ4n) is 3.10. The molecule has 0 atom stereocenters. The SMILES string of the molecule is CCC1CCC(C(=O)c2ccc(OC)c(C)c2)CC1. The standard InChI is InChI=1S/C17H24O2/c1-4-13-5-7-14(8-6-13)17(18)15-9-10-16(19-3)12(2)11-15/h9-11,13-14H,4-8H2,1-3H3. The van der Waals surface area contributed by atoms with E-state index in [1.54, 1.807) is 7.11 Å². The monoisotopic (exact) mass is 260 g/mol. The summed E-state index contributed by atoms with van der Waals surface area (Å²) in [6.45, 7) is 4.24. The van der Waals surface area contributed by atoms with E-state index in [1.165, 1.54) is 19.3 Å². The van der Waals surface area contributed by atoms with Gasteiger partial charge in [0.1, 0.15) is 5.75 Å². The van der Waals surface area contributed by atoms with Crippen molar-refractivity contribution in [1.82, 2.24) is 0 Å². The first-order chi connectivity index (χ1) is 9.15. The van der Waals surface area contributed by atoms with Crippen LogP contribution in [0.5, 0.6) is 5.75 Å². The molecule has 1 aliphatic carbocycles. The van der Waals surface area contributed by atoms with Crippen molar-refractivity contribution in [3.63, 3.8) is 0 Å². The Balaban J connectivity index is 2.06. The number of carbonyl (C=O) groups is 1. The van der Waals surface area contributed by atoms with Crippen LogP contribution in [-0.2, 0) is 0 Å². The third kappa shape index (κ3) is 3.17. The van der Waals surface area contributed by atoms with Crippen LogP contribution >= 0.6 is 0 Å². The van der Waals surface area contributed by atoms with Gasteiger partial charge in [0.25, 0.3) is 0 Å². The molecule has 2 heteroatoms. The quantitative estimate of drug-likeness (QED) is 0.750. The second-order valence-corrected chi connectivity index (χ2v) is 5.67. The molecule has 1 aromatic rings. The lowest BCUT2D eigenvalue weighted by Gasteiger charge is -2.26. The van der Waals surface area contributed by atoms with Crippen molar-refractivity contribution in [3.8, 4) is 5.75 Å². The van der Waals surface area contributed by atoms with E-state index in [2.05, 4.69) is 6.92 Å². The molecule has 104 valence electrons. The molecule has 1 saturated carbocycles. The summed E-state index contributed by atoms with van der Waals surface area (Å²) in [7, 11) is 1.66. The topological polar surface area (TPSA) is 26.3 Å². The Morgan fingerprint density at radius 2 is 1.95 bits per heavy atom. The van der Waals surface area contributed by atoms with Gasteiger partial charge in [0, 0.05) is 11.5 Å². The molecule has 0 aliphatic heterocycles. The zero-order valence-corrected chi connectivity index (χ0v) is 12.2. The highest BCUT2D eigenvalue weighted by Crippen LogP contribution is 2.33. The zero-order chi connectivity index (χ0) is 13.8. The minimum Gasteiger partial charge on any atom is -0.496 e. The van der Waals surface area contributed by atoms with Crippen molar-refractivity contribution in [3.05, 3.63) is 29.3 Å². The largest absolute Gasteiger partial charge is 0.496 e. The fraction of sp³-hybridized carbons (Fsp3) is 0.588. The van der Waals surface area contributed by atoms with Gasteiger partial charge in [0.15, 0.2) is 5.78 Å². The fourth-order valence-corrected chi connectivity index (χ4v) is 3.10. The molecule has 0 heterocycles. The molecule has 0 spiro atoms. The van der Waals surface area contributed by atoms with Gasteiger partial charge >= 0.3 is 0 Å². The summed E-state index contributed by atoms with van der Waals surface area (Å²) in [5.41, 5.74) is 1.88. The Bertz CT molecular complexity index is 443. The molecule has 0 aromatic heterocycles. The number of Topliss-reactive ketones (excluding diaryl/α,β-unsaturated/α-hetero) is 1. The van der Waals surface area contributed by atoms with E-state index in [1.807, 2.05) is 25.1 Å². The Labute approximate surface area is 116 Å². The van der Waals surface area contributed by atoms with E-state index in [9.17, 15) is 4.79 Å². The van der Waals surface area contributed by atoms with Gasteiger partial charge in [-0.15, -0.1) is 0 Å². The van der Waals surface area contributed by atoms with Gasteiger partial charge in [-0.25, -0.2) is 0 Å². The van der Waals surface area contributed by atoms with Gasteiger partial charge in [0.05, 0.1) is 7.11 Å². The maximum absolute atomic E-state index is 12.5. The lowest BCUT2D eigenvalue weighted by Crippen LogP contribution is -2.21. The predicted octanol–water partition coefficient (Wildman–Crippen LogP) is 4.40. The number of ether oxygens (including phenoxy) is 1. The zero-order valence-electron chi connectivity index (χ0n) is 12.2. The van der Waals surface area contributed by atoms with Gasteiger partial charge in [0.2, 0.25) is 0 Å². The summed E-state index contributed by atoms with van der Waals surface area (Å²) in [4.78, 5) is 12.5. The average Bonchev–Trinajstić information content (AvgIpc) is 2.46. The molecule has 1 fully saturated rings. The van der Waals surface area contributed by atoms with E-state index in [0.29, 0.717) is 5.78 Å². The second kappa shape index (κ2) is 6.23. The summed E-state index contributed by atoms with van der Waals surface area (Å²) in [5, 5.41) is 0. The summed E-state index contributed by atoms with van der Waals surface area (Å²) in [6.07, 6.45) is 5.79. The number of benzene rings is 1. The lowest BCUT2D eigenvalue weighted by atomic mass is 9.77. The Kier molecular flexibility index (Phi) is 4.62. The number of methoxy groups -OCH3 is 1. The molecule has 19 heavy (non-hydrogen) atoms. The summed E-state index contributed by atoms with van der Waals surface area (Å²) >= 11 is 0. The highest BCUT2D eigenvalue weighted by Gasteiger charge is 2.26. The molecule has 1 aromatic carbocycles. The van der Waals surface area contributed by atoms with Crippen LogP contribution in [0, 0.1) is 18.8 Å². The average molecular weight is 260 g/mol. The van der Waals surface area contributed by atoms with E-state index in [-0.39, 0.29) is 5.92 Å². The molecule has 0 unspecified atom stereocenters. The first-order valence-electron chi connectivity index (χ1n) is 7.34. The Morgan fingerprint density at radius 1 is 1.26 bits per heavy atom. The second-order valence-electron chi connectivity index (χ2n) is 5.67. The van der Waals surface area contributed by atoms with Crippen LogP contribution in [0.2, 0.25) is 0 Å². The Hall–Kier alpha value is -1.31. The van der Waals surface area contributed by atoms with Crippen molar-refractivity contribution in [2.45, 2.75) is 46.0 Å². The molecule has 0 amide bonds. The predicted molar refractivity (Wildman–Crippen MR) is 77.8 cm³/mol. The maximum Gasteiger partial charge on any atom is 0.165 e. The van der Waals surface area contributed by atoms with Gasteiger partial charge in [-0.3, -0.25) is 4.79 Å².